The van der Waals surface area contributed by atoms with Crippen LogP contribution in [-0.4, -0.2) is 24.7 Å². The SMILES string of the molecule is c1cncc(CNCCC2CCOC2)c1. The smallest absolute Gasteiger partial charge is 0.0495 e. The lowest BCUT2D eigenvalue weighted by atomic mass is 10.1. The highest BCUT2D eigenvalue weighted by Crippen LogP contribution is 2.15. The van der Waals surface area contributed by atoms with E-state index in [1.807, 2.05) is 12.3 Å². The normalized spacial score (nSPS) is 20.7. The van der Waals surface area contributed by atoms with Crippen LogP contribution in [0.5, 0.6) is 0 Å². The van der Waals surface area contributed by atoms with Crippen molar-refractivity contribution in [1.82, 2.24) is 10.3 Å². The summed E-state index contributed by atoms with van der Waals surface area (Å²) >= 11 is 0. The Morgan fingerprint density at radius 2 is 2.53 bits per heavy atom. The van der Waals surface area contributed by atoms with Crippen molar-refractivity contribution in [2.45, 2.75) is 19.4 Å². The van der Waals surface area contributed by atoms with Crippen LogP contribution in [-0.2, 0) is 11.3 Å². The molecule has 0 aliphatic carbocycles. The zero-order chi connectivity index (χ0) is 10.3. The number of hydrogen-bond acceptors (Lipinski definition) is 3. The summed E-state index contributed by atoms with van der Waals surface area (Å²) in [5.41, 5.74) is 1.25. The molecule has 1 atom stereocenters. The third-order valence-electron chi connectivity index (χ3n) is 2.81. The van der Waals surface area contributed by atoms with Crippen molar-refractivity contribution in [1.29, 1.82) is 0 Å². The molecule has 1 aromatic heterocycles. The molecular formula is C12H18N2O. The van der Waals surface area contributed by atoms with Crippen LogP contribution in [0, 0.1) is 5.92 Å². The molecule has 0 amide bonds. The van der Waals surface area contributed by atoms with Crippen LogP contribution >= 0.6 is 0 Å². The first kappa shape index (κ1) is 10.6. The first-order valence-corrected chi connectivity index (χ1v) is 5.62. The van der Waals surface area contributed by atoms with E-state index >= 15 is 0 Å². The van der Waals surface area contributed by atoms with Gasteiger partial charge in [-0.2, -0.15) is 0 Å². The molecule has 2 heterocycles. The molecular weight excluding hydrogens is 188 g/mol. The fourth-order valence-electron chi connectivity index (χ4n) is 1.85. The van der Waals surface area contributed by atoms with Gasteiger partial charge in [0.2, 0.25) is 0 Å². The molecule has 0 radical (unpaired) electrons. The maximum Gasteiger partial charge on any atom is 0.0495 e. The molecule has 1 aliphatic heterocycles. The first-order valence-electron chi connectivity index (χ1n) is 5.62. The molecule has 1 fully saturated rings. The van der Waals surface area contributed by atoms with Crippen LogP contribution in [0.4, 0.5) is 0 Å². The molecule has 1 aromatic rings. The van der Waals surface area contributed by atoms with Gasteiger partial charge in [-0.1, -0.05) is 6.07 Å². The summed E-state index contributed by atoms with van der Waals surface area (Å²) < 4.78 is 5.33. The third kappa shape index (κ3) is 3.61. The Kier molecular flexibility index (Phi) is 4.11. The summed E-state index contributed by atoms with van der Waals surface area (Å²) in [6.07, 6.45) is 6.17. The van der Waals surface area contributed by atoms with Gasteiger partial charge in [0, 0.05) is 32.2 Å². The van der Waals surface area contributed by atoms with Gasteiger partial charge >= 0.3 is 0 Å². The second-order valence-corrected chi connectivity index (χ2v) is 4.06. The second kappa shape index (κ2) is 5.83. The lowest BCUT2D eigenvalue weighted by molar-refractivity contribution is 0.184. The fraction of sp³-hybridized carbons (Fsp3) is 0.583. The number of nitrogens with one attached hydrogen (secondary N) is 1. The van der Waals surface area contributed by atoms with Gasteiger partial charge in [0.1, 0.15) is 0 Å². The van der Waals surface area contributed by atoms with Crippen molar-refractivity contribution >= 4 is 0 Å². The molecule has 15 heavy (non-hydrogen) atoms. The van der Waals surface area contributed by atoms with Crippen LogP contribution in [0.15, 0.2) is 24.5 Å². The van der Waals surface area contributed by atoms with E-state index in [9.17, 15) is 0 Å². The Morgan fingerprint density at radius 1 is 1.53 bits per heavy atom. The standard InChI is InChI=1S/C12H18N2O/c1-2-12(8-13-5-1)9-14-6-3-11-4-7-15-10-11/h1-2,5,8,11,14H,3-4,6-7,9-10H2. The van der Waals surface area contributed by atoms with Gasteiger partial charge < -0.3 is 10.1 Å². The highest BCUT2D eigenvalue weighted by atomic mass is 16.5. The summed E-state index contributed by atoms with van der Waals surface area (Å²) in [4.78, 5) is 4.08. The Labute approximate surface area is 90.9 Å². The van der Waals surface area contributed by atoms with Crippen molar-refractivity contribution in [3.63, 3.8) is 0 Å². The summed E-state index contributed by atoms with van der Waals surface area (Å²) in [6, 6.07) is 4.07. The van der Waals surface area contributed by atoms with Gasteiger partial charge in [-0.25, -0.2) is 0 Å². The number of nitrogens with zero attached hydrogens (tertiary/aromatic N) is 1. The topological polar surface area (TPSA) is 34.2 Å². The summed E-state index contributed by atoms with van der Waals surface area (Å²) in [7, 11) is 0. The molecule has 1 aliphatic rings. The largest absolute Gasteiger partial charge is 0.381 e. The monoisotopic (exact) mass is 206 g/mol. The van der Waals surface area contributed by atoms with E-state index in [1.165, 1.54) is 18.4 Å². The van der Waals surface area contributed by atoms with Gasteiger partial charge in [-0.15, -0.1) is 0 Å². The van der Waals surface area contributed by atoms with Gasteiger partial charge in [0.15, 0.2) is 0 Å². The van der Waals surface area contributed by atoms with Crippen LogP contribution in [0.3, 0.4) is 0 Å². The van der Waals surface area contributed by atoms with E-state index in [4.69, 9.17) is 4.74 Å². The van der Waals surface area contributed by atoms with Crippen molar-refractivity contribution < 1.29 is 4.74 Å². The number of hydrogen-bond donors (Lipinski definition) is 1. The van der Waals surface area contributed by atoms with Crippen molar-refractivity contribution in [2.24, 2.45) is 5.92 Å². The summed E-state index contributed by atoms with van der Waals surface area (Å²) in [6.45, 7) is 3.90. The molecule has 82 valence electrons. The lowest BCUT2D eigenvalue weighted by Crippen LogP contribution is -2.18. The van der Waals surface area contributed by atoms with Crippen molar-refractivity contribution in [3.8, 4) is 0 Å². The molecule has 3 heteroatoms. The Balaban J connectivity index is 1.59. The maximum atomic E-state index is 5.33. The molecule has 2 rings (SSSR count). The van der Waals surface area contributed by atoms with Gasteiger partial charge in [-0.3, -0.25) is 4.98 Å². The van der Waals surface area contributed by atoms with E-state index in [2.05, 4.69) is 16.4 Å². The predicted octanol–water partition coefficient (Wildman–Crippen LogP) is 1.60. The number of aromatic nitrogens is 1. The Hall–Kier alpha value is -0.930. The van der Waals surface area contributed by atoms with E-state index in [1.54, 1.807) is 6.20 Å². The highest BCUT2D eigenvalue weighted by molar-refractivity contribution is 5.07. The van der Waals surface area contributed by atoms with Crippen molar-refractivity contribution in [3.05, 3.63) is 30.1 Å². The van der Waals surface area contributed by atoms with Crippen molar-refractivity contribution in [2.75, 3.05) is 19.8 Å². The Morgan fingerprint density at radius 3 is 3.27 bits per heavy atom. The Bertz CT molecular complexity index is 270. The minimum atomic E-state index is 0.770. The van der Waals surface area contributed by atoms with E-state index < -0.39 is 0 Å². The molecule has 1 saturated heterocycles. The van der Waals surface area contributed by atoms with Crippen LogP contribution < -0.4 is 5.32 Å². The molecule has 3 nitrogen and oxygen atoms in total. The molecule has 1 N–H and O–H groups in total. The van der Waals surface area contributed by atoms with Crippen LogP contribution in [0.25, 0.3) is 0 Å². The predicted molar refractivity (Wildman–Crippen MR) is 59.5 cm³/mol. The quantitative estimate of drug-likeness (QED) is 0.743. The average Bonchev–Trinajstić information content (AvgIpc) is 2.79. The average molecular weight is 206 g/mol. The molecule has 0 bridgehead atoms. The van der Waals surface area contributed by atoms with Crippen LogP contribution in [0.2, 0.25) is 0 Å². The lowest BCUT2D eigenvalue weighted by Gasteiger charge is -2.08. The van der Waals surface area contributed by atoms with E-state index in [0.29, 0.717) is 0 Å². The van der Waals surface area contributed by atoms with Gasteiger partial charge in [0.05, 0.1) is 0 Å². The minimum Gasteiger partial charge on any atom is -0.381 e. The summed E-state index contributed by atoms with van der Waals surface area (Å²) in [5.74, 6) is 0.770. The molecule has 1 unspecified atom stereocenters. The first-order chi connectivity index (χ1) is 7.45. The van der Waals surface area contributed by atoms with Gasteiger partial charge in [0.25, 0.3) is 0 Å². The molecule has 0 saturated carbocycles. The third-order valence-corrected chi connectivity index (χ3v) is 2.81. The minimum absolute atomic E-state index is 0.770. The number of ether oxygens (including phenoxy) is 1. The van der Waals surface area contributed by atoms with E-state index in [-0.39, 0.29) is 0 Å². The molecule has 0 spiro atoms. The number of pyridine rings is 1. The van der Waals surface area contributed by atoms with Gasteiger partial charge in [-0.05, 0) is 36.9 Å². The van der Waals surface area contributed by atoms with Crippen LogP contribution in [0.1, 0.15) is 18.4 Å². The van der Waals surface area contributed by atoms with E-state index in [0.717, 1.165) is 32.2 Å². The second-order valence-electron chi connectivity index (χ2n) is 4.06. The zero-order valence-corrected chi connectivity index (χ0v) is 8.98. The zero-order valence-electron chi connectivity index (χ0n) is 8.98. The highest BCUT2D eigenvalue weighted by Gasteiger charge is 2.14. The fourth-order valence-corrected chi connectivity index (χ4v) is 1.85. The summed E-state index contributed by atoms with van der Waals surface area (Å²) in [5, 5.41) is 3.43. The molecule has 0 aromatic carbocycles. The maximum absolute atomic E-state index is 5.33. The number of rotatable bonds is 5.